The van der Waals surface area contributed by atoms with E-state index in [0.717, 1.165) is 16.8 Å². The SMILES string of the molecule is Cn1ncc(-c2cccc(F)c2)c1CN. The lowest BCUT2D eigenvalue weighted by Crippen LogP contribution is -2.05. The molecule has 2 N–H and O–H groups in total. The van der Waals surface area contributed by atoms with E-state index in [4.69, 9.17) is 5.73 Å². The number of benzene rings is 1. The Morgan fingerprint density at radius 3 is 2.93 bits per heavy atom. The molecule has 2 aromatic rings. The molecular weight excluding hydrogens is 193 g/mol. The van der Waals surface area contributed by atoms with Crippen molar-refractivity contribution in [3.63, 3.8) is 0 Å². The minimum atomic E-state index is -0.251. The van der Waals surface area contributed by atoms with Crippen molar-refractivity contribution in [3.8, 4) is 11.1 Å². The fourth-order valence-electron chi connectivity index (χ4n) is 1.60. The summed E-state index contributed by atoms with van der Waals surface area (Å²) in [5.41, 5.74) is 8.22. The topological polar surface area (TPSA) is 43.8 Å². The molecule has 1 aromatic carbocycles. The Kier molecular flexibility index (Phi) is 2.51. The molecule has 0 aliphatic rings. The van der Waals surface area contributed by atoms with Gasteiger partial charge in [0.25, 0.3) is 0 Å². The zero-order valence-corrected chi connectivity index (χ0v) is 8.44. The van der Waals surface area contributed by atoms with Crippen LogP contribution in [0.1, 0.15) is 5.69 Å². The predicted molar refractivity (Wildman–Crippen MR) is 56.5 cm³/mol. The molecular formula is C11H12FN3. The fraction of sp³-hybridized carbons (Fsp3) is 0.182. The van der Waals surface area contributed by atoms with Gasteiger partial charge < -0.3 is 5.73 Å². The number of nitrogens with two attached hydrogens (primary N) is 1. The Bertz CT molecular complexity index is 476. The van der Waals surface area contributed by atoms with E-state index in [0.29, 0.717) is 6.54 Å². The van der Waals surface area contributed by atoms with Gasteiger partial charge in [-0.25, -0.2) is 4.39 Å². The maximum absolute atomic E-state index is 13.0. The summed E-state index contributed by atoms with van der Waals surface area (Å²) in [6.45, 7) is 0.391. The summed E-state index contributed by atoms with van der Waals surface area (Å²) in [7, 11) is 1.82. The lowest BCUT2D eigenvalue weighted by atomic mass is 10.1. The summed E-state index contributed by atoms with van der Waals surface area (Å²) < 4.78 is 14.7. The van der Waals surface area contributed by atoms with Crippen LogP contribution in [0.2, 0.25) is 0 Å². The van der Waals surface area contributed by atoms with Gasteiger partial charge in [-0.3, -0.25) is 4.68 Å². The van der Waals surface area contributed by atoms with E-state index in [9.17, 15) is 4.39 Å². The first-order valence-corrected chi connectivity index (χ1v) is 4.69. The van der Waals surface area contributed by atoms with Gasteiger partial charge in [-0.1, -0.05) is 12.1 Å². The van der Waals surface area contributed by atoms with Gasteiger partial charge in [0, 0.05) is 19.2 Å². The highest BCUT2D eigenvalue weighted by Crippen LogP contribution is 2.23. The quantitative estimate of drug-likeness (QED) is 0.810. The zero-order chi connectivity index (χ0) is 10.8. The molecule has 0 atom stereocenters. The Balaban J connectivity index is 2.54. The van der Waals surface area contributed by atoms with E-state index >= 15 is 0 Å². The van der Waals surface area contributed by atoms with Crippen molar-refractivity contribution in [2.75, 3.05) is 0 Å². The number of rotatable bonds is 2. The third kappa shape index (κ3) is 1.76. The minimum Gasteiger partial charge on any atom is -0.325 e. The van der Waals surface area contributed by atoms with Crippen LogP contribution in [0.5, 0.6) is 0 Å². The van der Waals surface area contributed by atoms with Gasteiger partial charge in [0.05, 0.1) is 11.9 Å². The monoisotopic (exact) mass is 205 g/mol. The van der Waals surface area contributed by atoms with Crippen molar-refractivity contribution in [2.45, 2.75) is 6.54 Å². The zero-order valence-electron chi connectivity index (χ0n) is 8.44. The molecule has 0 saturated heterocycles. The molecule has 0 fully saturated rings. The van der Waals surface area contributed by atoms with Gasteiger partial charge in [-0.15, -0.1) is 0 Å². The van der Waals surface area contributed by atoms with Crippen LogP contribution in [0.15, 0.2) is 30.5 Å². The van der Waals surface area contributed by atoms with E-state index in [1.807, 2.05) is 13.1 Å². The third-order valence-electron chi connectivity index (χ3n) is 2.39. The van der Waals surface area contributed by atoms with Gasteiger partial charge in [0.15, 0.2) is 0 Å². The van der Waals surface area contributed by atoms with Gasteiger partial charge in [0.2, 0.25) is 0 Å². The Morgan fingerprint density at radius 2 is 2.27 bits per heavy atom. The highest BCUT2D eigenvalue weighted by Gasteiger charge is 2.09. The van der Waals surface area contributed by atoms with Gasteiger partial charge in [0.1, 0.15) is 5.82 Å². The third-order valence-corrected chi connectivity index (χ3v) is 2.39. The number of aromatic nitrogens is 2. The van der Waals surface area contributed by atoms with E-state index in [1.54, 1.807) is 16.9 Å². The second kappa shape index (κ2) is 3.82. The lowest BCUT2D eigenvalue weighted by Gasteiger charge is -2.03. The standard InChI is InChI=1S/C11H12FN3/c1-15-11(6-13)10(7-14-15)8-3-2-4-9(12)5-8/h2-5,7H,6,13H2,1H3. The van der Waals surface area contributed by atoms with Crippen molar-refractivity contribution in [1.29, 1.82) is 0 Å². The summed E-state index contributed by atoms with van der Waals surface area (Å²) in [6.07, 6.45) is 1.71. The number of halogens is 1. The second-order valence-corrected chi connectivity index (χ2v) is 3.34. The van der Waals surface area contributed by atoms with Crippen LogP contribution in [0.3, 0.4) is 0 Å². The van der Waals surface area contributed by atoms with Gasteiger partial charge in [-0.2, -0.15) is 5.10 Å². The van der Waals surface area contributed by atoms with E-state index in [-0.39, 0.29) is 5.82 Å². The first kappa shape index (κ1) is 9.86. The first-order chi connectivity index (χ1) is 7.22. The molecule has 0 bridgehead atoms. The molecule has 0 amide bonds. The van der Waals surface area contributed by atoms with E-state index in [2.05, 4.69) is 5.10 Å². The van der Waals surface area contributed by atoms with Gasteiger partial charge in [-0.05, 0) is 17.7 Å². The first-order valence-electron chi connectivity index (χ1n) is 4.69. The van der Waals surface area contributed by atoms with Crippen LogP contribution in [-0.2, 0) is 13.6 Å². The maximum Gasteiger partial charge on any atom is 0.123 e. The molecule has 0 unspecified atom stereocenters. The van der Waals surface area contributed by atoms with Crippen LogP contribution in [0.4, 0.5) is 4.39 Å². The molecule has 3 nitrogen and oxygen atoms in total. The van der Waals surface area contributed by atoms with Crippen molar-refractivity contribution in [2.24, 2.45) is 12.8 Å². The Labute approximate surface area is 87.3 Å². The Morgan fingerprint density at radius 1 is 1.47 bits per heavy atom. The minimum absolute atomic E-state index is 0.251. The molecule has 0 aliphatic carbocycles. The molecule has 0 spiro atoms. The highest BCUT2D eigenvalue weighted by atomic mass is 19.1. The smallest absolute Gasteiger partial charge is 0.123 e. The number of hydrogen-bond acceptors (Lipinski definition) is 2. The summed E-state index contributed by atoms with van der Waals surface area (Å²) in [5, 5.41) is 4.11. The number of hydrogen-bond donors (Lipinski definition) is 1. The maximum atomic E-state index is 13.0. The molecule has 1 heterocycles. The summed E-state index contributed by atoms with van der Waals surface area (Å²) in [4.78, 5) is 0. The van der Waals surface area contributed by atoms with Crippen molar-refractivity contribution in [1.82, 2.24) is 9.78 Å². The van der Waals surface area contributed by atoms with E-state index in [1.165, 1.54) is 12.1 Å². The fourth-order valence-corrected chi connectivity index (χ4v) is 1.60. The van der Waals surface area contributed by atoms with Crippen molar-refractivity contribution in [3.05, 3.63) is 42.0 Å². The van der Waals surface area contributed by atoms with Crippen LogP contribution < -0.4 is 5.73 Å². The van der Waals surface area contributed by atoms with Gasteiger partial charge >= 0.3 is 0 Å². The molecule has 2 rings (SSSR count). The van der Waals surface area contributed by atoms with Crippen LogP contribution >= 0.6 is 0 Å². The van der Waals surface area contributed by atoms with E-state index < -0.39 is 0 Å². The summed E-state index contributed by atoms with van der Waals surface area (Å²) >= 11 is 0. The average molecular weight is 205 g/mol. The lowest BCUT2D eigenvalue weighted by molar-refractivity contribution is 0.628. The largest absolute Gasteiger partial charge is 0.325 e. The molecule has 0 radical (unpaired) electrons. The predicted octanol–water partition coefficient (Wildman–Crippen LogP) is 1.68. The number of aryl methyl sites for hydroxylation is 1. The molecule has 4 heteroatoms. The van der Waals surface area contributed by atoms with Crippen LogP contribution in [-0.4, -0.2) is 9.78 Å². The van der Waals surface area contributed by atoms with Crippen molar-refractivity contribution < 1.29 is 4.39 Å². The Hall–Kier alpha value is -1.68. The van der Waals surface area contributed by atoms with Crippen LogP contribution in [0, 0.1) is 5.82 Å². The van der Waals surface area contributed by atoms with Crippen LogP contribution in [0.25, 0.3) is 11.1 Å². The molecule has 78 valence electrons. The van der Waals surface area contributed by atoms with Crippen molar-refractivity contribution >= 4 is 0 Å². The summed E-state index contributed by atoms with van der Waals surface area (Å²) in [6, 6.07) is 6.43. The molecule has 0 saturated carbocycles. The number of nitrogens with zero attached hydrogens (tertiary/aromatic N) is 2. The second-order valence-electron chi connectivity index (χ2n) is 3.34. The molecule has 15 heavy (non-hydrogen) atoms. The normalized spacial score (nSPS) is 10.6. The summed E-state index contributed by atoms with van der Waals surface area (Å²) in [5.74, 6) is -0.251. The molecule has 1 aromatic heterocycles. The average Bonchev–Trinajstić information content (AvgIpc) is 2.59. The molecule has 0 aliphatic heterocycles. The highest BCUT2D eigenvalue weighted by molar-refractivity contribution is 5.65.